The van der Waals surface area contributed by atoms with Crippen molar-refractivity contribution in [2.45, 2.75) is 106 Å². The molecule has 1 heteroatoms. The lowest BCUT2D eigenvalue weighted by Crippen LogP contribution is -2.24. The highest BCUT2D eigenvalue weighted by Crippen LogP contribution is 2.31. The zero-order valence-corrected chi connectivity index (χ0v) is 15.9. The maximum absolute atomic E-state index is 10.1. The number of rotatable bonds is 12. The van der Waals surface area contributed by atoms with Crippen molar-refractivity contribution >= 4 is 0 Å². The lowest BCUT2D eigenvalue weighted by molar-refractivity contribution is 0.0800. The van der Waals surface area contributed by atoms with E-state index < -0.39 is 0 Å². The Morgan fingerprint density at radius 2 is 1.48 bits per heavy atom. The van der Waals surface area contributed by atoms with Crippen LogP contribution in [0.3, 0.4) is 0 Å². The van der Waals surface area contributed by atoms with Gasteiger partial charge in [-0.05, 0) is 42.9 Å². The third-order valence-electron chi connectivity index (χ3n) is 5.39. The van der Waals surface area contributed by atoms with Gasteiger partial charge < -0.3 is 5.11 Å². The van der Waals surface area contributed by atoms with Crippen molar-refractivity contribution in [2.24, 2.45) is 23.2 Å². The summed E-state index contributed by atoms with van der Waals surface area (Å²) in [6, 6.07) is 0. The van der Waals surface area contributed by atoms with E-state index in [2.05, 4.69) is 41.5 Å². The molecule has 0 rings (SSSR count). The minimum Gasteiger partial charge on any atom is -0.393 e. The second kappa shape index (κ2) is 10.6. The highest BCUT2D eigenvalue weighted by atomic mass is 16.3. The van der Waals surface area contributed by atoms with Crippen LogP contribution < -0.4 is 0 Å². The van der Waals surface area contributed by atoms with E-state index in [-0.39, 0.29) is 6.10 Å². The minimum atomic E-state index is -0.154. The molecule has 0 saturated carbocycles. The first kappa shape index (κ1) is 21.0. The molecular weight excluding hydrogens is 256 g/mol. The molecule has 0 amide bonds. The van der Waals surface area contributed by atoms with Crippen LogP contribution >= 0.6 is 0 Å². The smallest absolute Gasteiger partial charge is 0.0542 e. The minimum absolute atomic E-state index is 0.154. The first-order chi connectivity index (χ1) is 9.69. The SMILES string of the molecule is CCC(C)(C)CCCCC(C(C)O)C(C)CCCC(C)C. The van der Waals surface area contributed by atoms with E-state index in [9.17, 15) is 5.11 Å². The van der Waals surface area contributed by atoms with Gasteiger partial charge in [0.15, 0.2) is 0 Å². The predicted octanol–water partition coefficient (Wildman–Crippen LogP) is 6.44. The van der Waals surface area contributed by atoms with Crippen LogP contribution in [0.25, 0.3) is 0 Å². The van der Waals surface area contributed by atoms with Crippen LogP contribution in [0.2, 0.25) is 0 Å². The summed E-state index contributed by atoms with van der Waals surface area (Å²) in [5.74, 6) is 1.95. The molecular formula is C20H42O. The van der Waals surface area contributed by atoms with Gasteiger partial charge in [0.25, 0.3) is 0 Å². The van der Waals surface area contributed by atoms with E-state index >= 15 is 0 Å². The molecule has 0 aliphatic heterocycles. The number of hydrogen-bond acceptors (Lipinski definition) is 1. The normalized spacial score (nSPS) is 17.0. The third-order valence-corrected chi connectivity index (χ3v) is 5.39. The van der Waals surface area contributed by atoms with E-state index in [4.69, 9.17) is 0 Å². The standard InChI is InChI=1S/C20H42O/c1-8-20(6,7)15-10-9-14-19(18(5)21)17(4)13-11-12-16(2)3/h16-19,21H,8-15H2,1-7H3. The van der Waals surface area contributed by atoms with Crippen molar-refractivity contribution in [2.75, 3.05) is 0 Å². The second-order valence-corrected chi connectivity index (χ2v) is 8.47. The van der Waals surface area contributed by atoms with Crippen molar-refractivity contribution < 1.29 is 5.11 Å². The Kier molecular flexibility index (Phi) is 10.6. The fourth-order valence-corrected chi connectivity index (χ4v) is 3.22. The van der Waals surface area contributed by atoms with Crippen molar-refractivity contribution in [1.29, 1.82) is 0 Å². The summed E-state index contributed by atoms with van der Waals surface area (Å²) in [6.07, 6.45) is 10.1. The molecule has 1 nitrogen and oxygen atoms in total. The van der Waals surface area contributed by atoms with Crippen LogP contribution in [0.4, 0.5) is 0 Å². The average molecular weight is 299 g/mol. The van der Waals surface area contributed by atoms with E-state index in [1.165, 1.54) is 51.4 Å². The monoisotopic (exact) mass is 298 g/mol. The Balaban J connectivity index is 4.06. The summed E-state index contributed by atoms with van der Waals surface area (Å²) >= 11 is 0. The molecule has 0 radical (unpaired) electrons. The molecule has 1 N–H and O–H groups in total. The number of aliphatic hydroxyl groups excluding tert-OH is 1. The van der Waals surface area contributed by atoms with Gasteiger partial charge in [0.2, 0.25) is 0 Å². The summed E-state index contributed by atoms with van der Waals surface area (Å²) < 4.78 is 0. The Hall–Kier alpha value is -0.0400. The average Bonchev–Trinajstić information content (AvgIpc) is 2.37. The van der Waals surface area contributed by atoms with E-state index in [0.717, 1.165) is 5.92 Å². The predicted molar refractivity (Wildman–Crippen MR) is 95.6 cm³/mol. The second-order valence-electron chi connectivity index (χ2n) is 8.47. The summed E-state index contributed by atoms with van der Waals surface area (Å²) in [6.45, 7) is 15.9. The van der Waals surface area contributed by atoms with Gasteiger partial charge in [-0.3, -0.25) is 0 Å². The molecule has 0 aromatic rings. The van der Waals surface area contributed by atoms with Crippen LogP contribution in [-0.2, 0) is 0 Å². The molecule has 0 fully saturated rings. The summed E-state index contributed by atoms with van der Waals surface area (Å²) in [5, 5.41) is 10.1. The maximum atomic E-state index is 10.1. The van der Waals surface area contributed by atoms with Gasteiger partial charge in [-0.2, -0.15) is 0 Å². The van der Waals surface area contributed by atoms with E-state index in [1.54, 1.807) is 0 Å². The highest BCUT2D eigenvalue weighted by molar-refractivity contribution is 4.73. The fraction of sp³-hybridized carbons (Fsp3) is 1.00. The quantitative estimate of drug-likeness (QED) is 0.411. The third kappa shape index (κ3) is 10.3. The lowest BCUT2D eigenvalue weighted by atomic mass is 9.80. The highest BCUT2D eigenvalue weighted by Gasteiger charge is 2.22. The van der Waals surface area contributed by atoms with Gasteiger partial charge in [0.1, 0.15) is 0 Å². The Bertz CT molecular complexity index is 242. The molecule has 0 saturated heterocycles. The van der Waals surface area contributed by atoms with Crippen LogP contribution in [0.5, 0.6) is 0 Å². The number of hydrogen-bond donors (Lipinski definition) is 1. The van der Waals surface area contributed by atoms with Crippen LogP contribution in [0.1, 0.15) is 99.8 Å². The Morgan fingerprint density at radius 1 is 0.857 bits per heavy atom. The first-order valence-electron chi connectivity index (χ1n) is 9.37. The molecule has 21 heavy (non-hydrogen) atoms. The molecule has 0 heterocycles. The zero-order valence-electron chi connectivity index (χ0n) is 15.9. The molecule has 0 bridgehead atoms. The Labute approximate surface area is 134 Å². The fourth-order valence-electron chi connectivity index (χ4n) is 3.22. The van der Waals surface area contributed by atoms with Gasteiger partial charge in [-0.15, -0.1) is 0 Å². The van der Waals surface area contributed by atoms with E-state index in [0.29, 0.717) is 17.3 Å². The van der Waals surface area contributed by atoms with Gasteiger partial charge in [0, 0.05) is 0 Å². The largest absolute Gasteiger partial charge is 0.393 e. The number of unbranched alkanes of at least 4 members (excludes halogenated alkanes) is 1. The van der Waals surface area contributed by atoms with E-state index in [1.807, 2.05) is 6.92 Å². The molecule has 3 unspecified atom stereocenters. The number of aliphatic hydroxyl groups is 1. The van der Waals surface area contributed by atoms with Gasteiger partial charge in [-0.25, -0.2) is 0 Å². The van der Waals surface area contributed by atoms with Gasteiger partial charge in [0.05, 0.1) is 6.10 Å². The molecule has 0 aliphatic carbocycles. The Morgan fingerprint density at radius 3 is 1.95 bits per heavy atom. The molecule has 0 aliphatic rings. The molecule has 128 valence electrons. The van der Waals surface area contributed by atoms with Crippen molar-refractivity contribution in [3.05, 3.63) is 0 Å². The van der Waals surface area contributed by atoms with Crippen molar-refractivity contribution in [3.8, 4) is 0 Å². The molecule has 3 atom stereocenters. The van der Waals surface area contributed by atoms with Crippen molar-refractivity contribution in [3.63, 3.8) is 0 Å². The molecule has 0 spiro atoms. The van der Waals surface area contributed by atoms with Gasteiger partial charge in [-0.1, -0.05) is 80.1 Å². The van der Waals surface area contributed by atoms with Crippen molar-refractivity contribution in [1.82, 2.24) is 0 Å². The van der Waals surface area contributed by atoms with Crippen LogP contribution in [-0.4, -0.2) is 11.2 Å². The summed E-state index contributed by atoms with van der Waals surface area (Å²) in [4.78, 5) is 0. The van der Waals surface area contributed by atoms with Crippen LogP contribution in [0.15, 0.2) is 0 Å². The summed E-state index contributed by atoms with van der Waals surface area (Å²) in [7, 11) is 0. The zero-order chi connectivity index (χ0) is 16.5. The summed E-state index contributed by atoms with van der Waals surface area (Å²) in [5.41, 5.74) is 0.489. The molecule has 0 aromatic carbocycles. The van der Waals surface area contributed by atoms with Crippen LogP contribution in [0, 0.1) is 23.2 Å². The maximum Gasteiger partial charge on any atom is 0.0542 e. The molecule has 0 aromatic heterocycles. The first-order valence-corrected chi connectivity index (χ1v) is 9.37. The lowest BCUT2D eigenvalue weighted by Gasteiger charge is -2.28. The topological polar surface area (TPSA) is 20.2 Å². The van der Waals surface area contributed by atoms with Gasteiger partial charge >= 0.3 is 0 Å².